The molecule has 0 N–H and O–H groups in total. The van der Waals surface area contributed by atoms with Crippen molar-refractivity contribution in [1.82, 2.24) is 0 Å². The average molecular weight is 346 g/mol. The summed E-state index contributed by atoms with van der Waals surface area (Å²) in [5.41, 5.74) is 3.04. The van der Waals surface area contributed by atoms with Gasteiger partial charge in [-0.25, -0.2) is 9.98 Å². The van der Waals surface area contributed by atoms with E-state index in [0.717, 1.165) is 28.5 Å². The highest BCUT2D eigenvalue weighted by Crippen LogP contribution is 2.24. The lowest BCUT2D eigenvalue weighted by Gasteiger charge is -2.28. The standard InChI is InChI=1S/C21H16ClN3/c22-18-12-7-13-19(14-18)25-15-23-20(16-8-3-1-4-9-16)24-21(25)17-10-5-2-6-11-17/h1-14H,15H2. The van der Waals surface area contributed by atoms with Gasteiger partial charge < -0.3 is 4.90 Å². The summed E-state index contributed by atoms with van der Waals surface area (Å²) in [4.78, 5) is 11.6. The Labute approximate surface area is 151 Å². The summed E-state index contributed by atoms with van der Waals surface area (Å²) in [6, 6.07) is 28.0. The predicted molar refractivity (Wildman–Crippen MR) is 105 cm³/mol. The van der Waals surface area contributed by atoms with Crippen molar-refractivity contribution < 1.29 is 0 Å². The molecule has 4 rings (SSSR count). The zero-order chi connectivity index (χ0) is 17.1. The quantitative estimate of drug-likeness (QED) is 0.655. The highest BCUT2D eigenvalue weighted by Gasteiger charge is 2.21. The van der Waals surface area contributed by atoms with E-state index in [1.165, 1.54) is 0 Å². The molecule has 0 aromatic heterocycles. The van der Waals surface area contributed by atoms with E-state index in [4.69, 9.17) is 16.6 Å². The monoisotopic (exact) mass is 345 g/mol. The topological polar surface area (TPSA) is 28.0 Å². The number of hydrogen-bond donors (Lipinski definition) is 0. The van der Waals surface area contributed by atoms with Gasteiger partial charge in [-0.3, -0.25) is 0 Å². The minimum absolute atomic E-state index is 0.498. The molecule has 0 atom stereocenters. The maximum Gasteiger partial charge on any atom is 0.158 e. The second-order valence-corrected chi connectivity index (χ2v) is 6.13. The van der Waals surface area contributed by atoms with Gasteiger partial charge in [-0.15, -0.1) is 0 Å². The van der Waals surface area contributed by atoms with Crippen molar-refractivity contribution in [2.24, 2.45) is 9.98 Å². The molecular formula is C21H16ClN3. The zero-order valence-corrected chi connectivity index (χ0v) is 14.3. The lowest BCUT2D eigenvalue weighted by atomic mass is 10.1. The zero-order valence-electron chi connectivity index (χ0n) is 13.5. The summed E-state index contributed by atoms with van der Waals surface area (Å²) in [5, 5.41) is 0.697. The Morgan fingerprint density at radius 3 is 2.12 bits per heavy atom. The Bertz CT molecular complexity index is 934. The number of amidine groups is 2. The average Bonchev–Trinajstić information content (AvgIpc) is 2.69. The van der Waals surface area contributed by atoms with E-state index in [0.29, 0.717) is 11.7 Å². The van der Waals surface area contributed by atoms with Gasteiger partial charge in [-0.05, 0) is 18.2 Å². The smallest absolute Gasteiger partial charge is 0.158 e. The summed E-state index contributed by atoms with van der Waals surface area (Å²) in [5.74, 6) is 1.62. The van der Waals surface area contributed by atoms with Crippen molar-refractivity contribution >= 4 is 29.0 Å². The van der Waals surface area contributed by atoms with Crippen LogP contribution in [0.3, 0.4) is 0 Å². The molecule has 1 aliphatic rings. The summed E-state index contributed by atoms with van der Waals surface area (Å²) in [6.45, 7) is 0.498. The number of nitrogens with zero attached hydrogens (tertiary/aromatic N) is 3. The highest BCUT2D eigenvalue weighted by molar-refractivity contribution is 6.31. The Morgan fingerprint density at radius 2 is 1.44 bits per heavy atom. The number of anilines is 1. The summed E-state index contributed by atoms with van der Waals surface area (Å²) in [7, 11) is 0. The lowest BCUT2D eigenvalue weighted by molar-refractivity contribution is 0.985. The van der Waals surface area contributed by atoms with Crippen LogP contribution in [0.5, 0.6) is 0 Å². The largest absolute Gasteiger partial charge is 0.306 e. The van der Waals surface area contributed by atoms with Crippen LogP contribution in [0.15, 0.2) is 94.9 Å². The van der Waals surface area contributed by atoms with Crippen LogP contribution < -0.4 is 4.90 Å². The van der Waals surface area contributed by atoms with Crippen LogP contribution in [0.25, 0.3) is 0 Å². The second kappa shape index (κ2) is 6.91. The Hall–Kier alpha value is -2.91. The number of hydrogen-bond acceptors (Lipinski definition) is 3. The first-order valence-electron chi connectivity index (χ1n) is 8.08. The molecule has 4 heteroatoms. The van der Waals surface area contributed by atoms with Gasteiger partial charge >= 0.3 is 0 Å². The van der Waals surface area contributed by atoms with Crippen LogP contribution in [0.1, 0.15) is 11.1 Å². The van der Waals surface area contributed by atoms with Gasteiger partial charge in [0.05, 0.1) is 0 Å². The van der Waals surface area contributed by atoms with Crippen molar-refractivity contribution in [3.63, 3.8) is 0 Å². The molecule has 3 aromatic carbocycles. The fourth-order valence-electron chi connectivity index (χ4n) is 2.80. The molecule has 3 nitrogen and oxygen atoms in total. The summed E-state index contributed by atoms with van der Waals surface area (Å²) >= 11 is 6.18. The molecule has 0 bridgehead atoms. The van der Waals surface area contributed by atoms with E-state index in [-0.39, 0.29) is 0 Å². The molecule has 0 spiro atoms. The van der Waals surface area contributed by atoms with Crippen molar-refractivity contribution in [3.05, 3.63) is 101 Å². The van der Waals surface area contributed by atoms with E-state index < -0.39 is 0 Å². The molecule has 0 saturated carbocycles. The van der Waals surface area contributed by atoms with E-state index >= 15 is 0 Å². The first-order valence-corrected chi connectivity index (χ1v) is 8.46. The minimum atomic E-state index is 0.498. The Morgan fingerprint density at radius 1 is 0.760 bits per heavy atom. The van der Waals surface area contributed by atoms with Gasteiger partial charge in [0, 0.05) is 21.8 Å². The van der Waals surface area contributed by atoms with Gasteiger partial charge in [0.1, 0.15) is 12.5 Å². The molecule has 0 fully saturated rings. The summed E-state index contributed by atoms with van der Waals surface area (Å²) < 4.78 is 0. The van der Waals surface area contributed by atoms with Crippen LogP contribution >= 0.6 is 11.6 Å². The molecule has 0 unspecified atom stereocenters. The maximum absolute atomic E-state index is 6.18. The van der Waals surface area contributed by atoms with Gasteiger partial charge in [-0.1, -0.05) is 78.3 Å². The third-order valence-electron chi connectivity index (χ3n) is 4.01. The molecule has 1 heterocycles. The number of aliphatic imine (C=N–C) groups is 2. The minimum Gasteiger partial charge on any atom is -0.306 e. The van der Waals surface area contributed by atoms with E-state index in [2.05, 4.69) is 22.0 Å². The second-order valence-electron chi connectivity index (χ2n) is 5.70. The first kappa shape index (κ1) is 15.6. The molecule has 1 aliphatic heterocycles. The Kier molecular flexibility index (Phi) is 4.32. The first-order chi connectivity index (χ1) is 12.3. The van der Waals surface area contributed by atoms with Crippen molar-refractivity contribution in [1.29, 1.82) is 0 Å². The maximum atomic E-state index is 6.18. The normalized spacial score (nSPS) is 14.0. The van der Waals surface area contributed by atoms with Crippen LogP contribution in [0.2, 0.25) is 5.02 Å². The molecule has 0 aliphatic carbocycles. The fraction of sp³-hybridized carbons (Fsp3) is 0.0476. The molecule has 25 heavy (non-hydrogen) atoms. The van der Waals surface area contributed by atoms with Gasteiger partial charge in [0.2, 0.25) is 0 Å². The van der Waals surface area contributed by atoms with E-state index in [9.17, 15) is 0 Å². The van der Waals surface area contributed by atoms with Crippen LogP contribution in [0, 0.1) is 0 Å². The molecule has 0 radical (unpaired) electrons. The Balaban J connectivity index is 1.80. The fourth-order valence-corrected chi connectivity index (χ4v) is 2.98. The molecule has 122 valence electrons. The number of benzene rings is 3. The van der Waals surface area contributed by atoms with Crippen LogP contribution in [-0.4, -0.2) is 18.3 Å². The molecular weight excluding hydrogens is 330 g/mol. The number of rotatable bonds is 3. The molecule has 3 aromatic rings. The summed E-state index contributed by atoms with van der Waals surface area (Å²) in [6.07, 6.45) is 0. The van der Waals surface area contributed by atoms with E-state index in [1.807, 2.05) is 72.8 Å². The van der Waals surface area contributed by atoms with Crippen LogP contribution in [0.4, 0.5) is 5.69 Å². The number of halogens is 1. The van der Waals surface area contributed by atoms with E-state index in [1.54, 1.807) is 0 Å². The van der Waals surface area contributed by atoms with Crippen molar-refractivity contribution in [2.75, 3.05) is 11.6 Å². The third kappa shape index (κ3) is 3.32. The van der Waals surface area contributed by atoms with Crippen LogP contribution in [-0.2, 0) is 0 Å². The lowest BCUT2D eigenvalue weighted by Crippen LogP contribution is -2.36. The SMILES string of the molecule is Clc1cccc(N2CN=C(c3ccccc3)N=C2c2ccccc2)c1. The van der Waals surface area contributed by atoms with Gasteiger partial charge in [0.25, 0.3) is 0 Å². The van der Waals surface area contributed by atoms with Gasteiger partial charge in [0.15, 0.2) is 5.84 Å². The highest BCUT2D eigenvalue weighted by atomic mass is 35.5. The predicted octanol–water partition coefficient (Wildman–Crippen LogP) is 5.01. The van der Waals surface area contributed by atoms with Crippen molar-refractivity contribution in [3.8, 4) is 0 Å². The molecule has 0 saturated heterocycles. The van der Waals surface area contributed by atoms with Crippen molar-refractivity contribution in [2.45, 2.75) is 0 Å². The third-order valence-corrected chi connectivity index (χ3v) is 4.25. The van der Waals surface area contributed by atoms with Gasteiger partial charge in [-0.2, -0.15) is 0 Å². The molecule has 0 amide bonds.